The van der Waals surface area contributed by atoms with E-state index >= 15 is 0 Å². The summed E-state index contributed by atoms with van der Waals surface area (Å²) in [5.41, 5.74) is 0. The molecule has 2 heteroatoms. The number of hydrogen-bond donors (Lipinski definition) is 0. The predicted octanol–water partition coefficient (Wildman–Crippen LogP) is 0.375. The Bertz CT molecular complexity index is 85.7. The smallest absolute Gasteiger partial charge is 0.107 e. The third kappa shape index (κ3) is 10.7. The molecule has 0 unspecified atom stereocenters. The highest BCUT2D eigenvalue weighted by molar-refractivity contribution is 5.75. The highest BCUT2D eigenvalue weighted by atomic mass is 28.1. The summed E-state index contributed by atoms with van der Waals surface area (Å²) < 4.78 is 5.05. The van der Waals surface area contributed by atoms with Gasteiger partial charge >= 0.3 is 0 Å². The fourth-order valence-corrected chi connectivity index (χ4v) is 0.585. The zero-order valence-corrected chi connectivity index (χ0v) is 6.02. The van der Waals surface area contributed by atoms with Crippen molar-refractivity contribution in [3.8, 4) is 12.3 Å². The average molecular weight is 158 g/mol. The lowest BCUT2D eigenvalue weighted by Gasteiger charge is -1.96. The van der Waals surface area contributed by atoms with Crippen molar-refractivity contribution >= 4 is 11.0 Å². The Kier molecular flexibility index (Phi) is 14.3. The molecule has 0 N–H and O–H groups in total. The molecular formula is C8H18OSi. The topological polar surface area (TPSA) is 9.23 Å². The summed E-state index contributed by atoms with van der Waals surface area (Å²) >= 11 is 0. The number of rotatable bonds is 5. The Balaban J connectivity index is 0. The van der Waals surface area contributed by atoms with Crippen molar-refractivity contribution in [3.63, 3.8) is 0 Å². The second kappa shape index (κ2) is 11.5. The van der Waals surface area contributed by atoms with Crippen molar-refractivity contribution in [3.05, 3.63) is 0 Å². The minimum atomic E-state index is 0. The molecule has 1 nitrogen and oxygen atoms in total. The van der Waals surface area contributed by atoms with Crippen LogP contribution in [0.5, 0.6) is 0 Å². The summed E-state index contributed by atoms with van der Waals surface area (Å²) in [5, 5.41) is 0. The van der Waals surface area contributed by atoms with Crippen LogP contribution in [0.1, 0.15) is 26.2 Å². The van der Waals surface area contributed by atoms with Gasteiger partial charge in [-0.2, -0.15) is 0 Å². The largest absolute Gasteiger partial charge is 0.369 e. The number of terminal acetylenes is 1. The van der Waals surface area contributed by atoms with Crippen LogP contribution >= 0.6 is 0 Å². The molecule has 0 radical (unpaired) electrons. The molecule has 0 amide bonds. The molecule has 0 bridgehead atoms. The molecule has 0 aromatic rings. The van der Waals surface area contributed by atoms with Gasteiger partial charge in [0.05, 0.1) is 0 Å². The third-order valence-electron chi connectivity index (χ3n) is 1.08. The summed E-state index contributed by atoms with van der Waals surface area (Å²) in [6.07, 6.45) is 8.58. The summed E-state index contributed by atoms with van der Waals surface area (Å²) in [4.78, 5) is 0. The first-order valence-electron chi connectivity index (χ1n) is 3.43. The van der Waals surface area contributed by atoms with Gasteiger partial charge in [-0.3, -0.25) is 0 Å². The Morgan fingerprint density at radius 2 is 2.10 bits per heavy atom. The SMILES string of the molecule is C#CCOCCCCC.[SiH4]. The van der Waals surface area contributed by atoms with Crippen molar-refractivity contribution < 1.29 is 4.74 Å². The molecule has 10 heavy (non-hydrogen) atoms. The first-order chi connectivity index (χ1) is 4.41. The van der Waals surface area contributed by atoms with Crippen LogP contribution in [0.15, 0.2) is 0 Å². The maximum absolute atomic E-state index is 5.05. The lowest BCUT2D eigenvalue weighted by molar-refractivity contribution is 0.162. The van der Waals surface area contributed by atoms with E-state index in [1.165, 1.54) is 12.8 Å². The molecule has 0 fully saturated rings. The van der Waals surface area contributed by atoms with E-state index in [-0.39, 0.29) is 11.0 Å². The molecule has 0 aromatic heterocycles. The van der Waals surface area contributed by atoms with Gasteiger partial charge in [-0.15, -0.1) is 6.42 Å². The third-order valence-corrected chi connectivity index (χ3v) is 1.08. The minimum Gasteiger partial charge on any atom is -0.369 e. The Hall–Kier alpha value is -0.263. The van der Waals surface area contributed by atoms with E-state index in [1.54, 1.807) is 0 Å². The fraction of sp³-hybridized carbons (Fsp3) is 0.750. The van der Waals surface area contributed by atoms with E-state index in [9.17, 15) is 0 Å². The van der Waals surface area contributed by atoms with Gasteiger partial charge in [0.1, 0.15) is 6.61 Å². The summed E-state index contributed by atoms with van der Waals surface area (Å²) in [6, 6.07) is 0. The lowest BCUT2D eigenvalue weighted by Crippen LogP contribution is -1.93. The van der Waals surface area contributed by atoms with Gasteiger partial charge in [0.15, 0.2) is 0 Å². The van der Waals surface area contributed by atoms with E-state index in [0.29, 0.717) is 6.61 Å². The number of hydrogen-bond acceptors (Lipinski definition) is 1. The molecule has 0 atom stereocenters. The molecule has 0 aliphatic carbocycles. The maximum atomic E-state index is 5.05. The second-order valence-corrected chi connectivity index (χ2v) is 1.96. The molecule has 0 heterocycles. The molecule has 0 saturated heterocycles. The van der Waals surface area contributed by atoms with Crippen LogP contribution < -0.4 is 0 Å². The van der Waals surface area contributed by atoms with Crippen molar-refractivity contribution in [2.24, 2.45) is 0 Å². The van der Waals surface area contributed by atoms with E-state index in [1.807, 2.05) is 0 Å². The van der Waals surface area contributed by atoms with Gasteiger partial charge in [0.25, 0.3) is 0 Å². The van der Waals surface area contributed by atoms with Gasteiger partial charge in [0.2, 0.25) is 0 Å². The molecule has 0 aliphatic rings. The fourth-order valence-electron chi connectivity index (χ4n) is 0.585. The molecule has 0 rings (SSSR count). The first-order valence-corrected chi connectivity index (χ1v) is 3.43. The summed E-state index contributed by atoms with van der Waals surface area (Å²) in [6.45, 7) is 3.45. The molecule has 0 spiro atoms. The molecule has 0 saturated carbocycles. The van der Waals surface area contributed by atoms with Crippen LogP contribution in [0, 0.1) is 12.3 Å². The Morgan fingerprint density at radius 3 is 2.60 bits per heavy atom. The number of ether oxygens (including phenoxy) is 1. The Labute approximate surface area is 68.2 Å². The van der Waals surface area contributed by atoms with Crippen molar-refractivity contribution in [1.82, 2.24) is 0 Å². The maximum Gasteiger partial charge on any atom is 0.107 e. The Morgan fingerprint density at radius 1 is 1.40 bits per heavy atom. The van der Waals surface area contributed by atoms with Gasteiger partial charge in [-0.05, 0) is 17.4 Å². The summed E-state index contributed by atoms with van der Waals surface area (Å²) in [7, 11) is 0. The molecule has 60 valence electrons. The van der Waals surface area contributed by atoms with Gasteiger partial charge in [-0.25, -0.2) is 0 Å². The first kappa shape index (κ1) is 12.4. The highest BCUT2D eigenvalue weighted by Gasteiger charge is 1.83. The van der Waals surface area contributed by atoms with Crippen LogP contribution in [-0.4, -0.2) is 24.2 Å². The molecule has 0 aromatic carbocycles. The van der Waals surface area contributed by atoms with Crippen LogP contribution in [0.2, 0.25) is 0 Å². The normalized spacial score (nSPS) is 8.00. The molecule has 0 aliphatic heterocycles. The molecular weight excluding hydrogens is 140 g/mol. The van der Waals surface area contributed by atoms with Crippen LogP contribution in [0.3, 0.4) is 0 Å². The lowest BCUT2D eigenvalue weighted by atomic mass is 10.3. The van der Waals surface area contributed by atoms with Crippen molar-refractivity contribution in [2.45, 2.75) is 26.2 Å². The number of unbranched alkanes of at least 4 members (excludes halogenated alkanes) is 2. The van der Waals surface area contributed by atoms with Gasteiger partial charge in [-0.1, -0.05) is 25.7 Å². The average Bonchev–Trinajstić information content (AvgIpc) is 1.89. The second-order valence-electron chi connectivity index (χ2n) is 1.96. The van der Waals surface area contributed by atoms with Crippen molar-refractivity contribution in [2.75, 3.05) is 13.2 Å². The van der Waals surface area contributed by atoms with Crippen LogP contribution in [0.25, 0.3) is 0 Å². The highest BCUT2D eigenvalue weighted by Crippen LogP contribution is 1.92. The zero-order valence-electron chi connectivity index (χ0n) is 6.02. The van der Waals surface area contributed by atoms with Gasteiger partial charge < -0.3 is 4.74 Å². The van der Waals surface area contributed by atoms with E-state index < -0.39 is 0 Å². The quantitative estimate of drug-likeness (QED) is 0.319. The van der Waals surface area contributed by atoms with Crippen molar-refractivity contribution in [1.29, 1.82) is 0 Å². The van der Waals surface area contributed by atoms with Crippen LogP contribution in [-0.2, 0) is 4.74 Å². The van der Waals surface area contributed by atoms with E-state index in [4.69, 9.17) is 11.2 Å². The van der Waals surface area contributed by atoms with E-state index in [0.717, 1.165) is 13.0 Å². The monoisotopic (exact) mass is 158 g/mol. The van der Waals surface area contributed by atoms with E-state index in [2.05, 4.69) is 12.8 Å². The minimum absolute atomic E-state index is 0. The standard InChI is InChI=1S/C8H14O.H4Si/c1-3-5-6-8-9-7-4-2;/h2H,3,5-8H2,1H3;1H4. The van der Waals surface area contributed by atoms with Gasteiger partial charge in [0, 0.05) is 6.61 Å². The predicted molar refractivity (Wildman–Crippen MR) is 50.5 cm³/mol. The van der Waals surface area contributed by atoms with Crippen LogP contribution in [0.4, 0.5) is 0 Å². The summed E-state index contributed by atoms with van der Waals surface area (Å²) in [5.74, 6) is 2.42. The zero-order chi connectivity index (χ0) is 6.95.